The quantitative estimate of drug-likeness (QED) is 0.612. The number of carbonyl (C=O) groups is 1. The summed E-state index contributed by atoms with van der Waals surface area (Å²) in [5.41, 5.74) is 3.18. The predicted molar refractivity (Wildman–Crippen MR) is 103 cm³/mol. The van der Waals surface area contributed by atoms with Gasteiger partial charge in [0.15, 0.2) is 5.16 Å². The van der Waals surface area contributed by atoms with E-state index < -0.39 is 0 Å². The number of benzene rings is 2. The van der Waals surface area contributed by atoms with Crippen LogP contribution in [-0.2, 0) is 11.2 Å². The molecule has 6 heteroatoms. The summed E-state index contributed by atoms with van der Waals surface area (Å²) in [6.07, 6.45) is 2.57. The summed E-state index contributed by atoms with van der Waals surface area (Å²) in [5.74, 6) is 0.333. The van der Waals surface area contributed by atoms with Gasteiger partial charge in [-0.05, 0) is 29.7 Å². The smallest absolute Gasteiger partial charge is 0.230 e. The van der Waals surface area contributed by atoms with Gasteiger partial charge >= 0.3 is 0 Å². The molecule has 0 saturated carbocycles. The first-order valence-corrected chi connectivity index (χ1v) is 9.31. The predicted octanol–water partition coefficient (Wildman–Crippen LogP) is 4.18. The normalized spacial score (nSPS) is 10.6. The highest BCUT2D eigenvalue weighted by atomic mass is 35.5. The third-order valence-electron chi connectivity index (χ3n) is 3.63. The number of aromatic nitrogens is 2. The van der Waals surface area contributed by atoms with Gasteiger partial charge in [-0.1, -0.05) is 65.8 Å². The highest BCUT2D eigenvalue weighted by molar-refractivity contribution is 7.99. The Morgan fingerprint density at radius 2 is 1.88 bits per heavy atom. The zero-order chi connectivity index (χ0) is 17.5. The van der Waals surface area contributed by atoms with Crippen molar-refractivity contribution in [2.75, 3.05) is 12.3 Å². The molecule has 4 nitrogen and oxygen atoms in total. The first-order valence-electron chi connectivity index (χ1n) is 7.95. The largest absolute Gasteiger partial charge is 0.355 e. The van der Waals surface area contributed by atoms with Gasteiger partial charge in [-0.15, -0.1) is 0 Å². The molecule has 0 radical (unpaired) electrons. The van der Waals surface area contributed by atoms with E-state index in [4.69, 9.17) is 11.6 Å². The molecule has 25 heavy (non-hydrogen) atoms. The lowest BCUT2D eigenvalue weighted by Crippen LogP contribution is -2.27. The van der Waals surface area contributed by atoms with E-state index in [-0.39, 0.29) is 5.91 Å². The zero-order valence-electron chi connectivity index (χ0n) is 13.5. The molecular weight excluding hydrogens is 354 g/mol. The number of imidazole rings is 1. The maximum absolute atomic E-state index is 11.9. The summed E-state index contributed by atoms with van der Waals surface area (Å²) >= 11 is 7.25. The molecule has 2 aromatic carbocycles. The fourth-order valence-electron chi connectivity index (χ4n) is 2.32. The van der Waals surface area contributed by atoms with Crippen molar-refractivity contribution < 1.29 is 4.79 Å². The molecule has 0 spiro atoms. The Morgan fingerprint density at radius 3 is 2.64 bits per heavy atom. The standard InChI is InChI=1S/C19H18ClN3OS/c20-16-8-6-14(7-9-16)10-11-21-18(24)13-25-19-22-12-17(23-19)15-4-2-1-3-5-15/h1-9,12H,10-11,13H2,(H,21,24)(H,22,23). The van der Waals surface area contributed by atoms with Crippen LogP contribution in [0.15, 0.2) is 66.0 Å². The van der Waals surface area contributed by atoms with Crippen LogP contribution in [0.25, 0.3) is 11.3 Å². The van der Waals surface area contributed by atoms with Gasteiger partial charge in [-0.25, -0.2) is 4.98 Å². The molecule has 0 aliphatic carbocycles. The van der Waals surface area contributed by atoms with Crippen molar-refractivity contribution in [3.8, 4) is 11.3 Å². The number of rotatable bonds is 7. The third kappa shape index (κ3) is 5.37. The molecule has 0 aliphatic heterocycles. The molecule has 1 amide bonds. The molecular formula is C19H18ClN3OS. The second-order valence-electron chi connectivity index (χ2n) is 5.48. The summed E-state index contributed by atoms with van der Waals surface area (Å²) in [5, 5.41) is 4.38. The fraction of sp³-hybridized carbons (Fsp3) is 0.158. The van der Waals surface area contributed by atoms with Crippen LogP contribution in [-0.4, -0.2) is 28.2 Å². The van der Waals surface area contributed by atoms with Gasteiger partial charge in [0.1, 0.15) is 0 Å². The topological polar surface area (TPSA) is 57.8 Å². The van der Waals surface area contributed by atoms with Crippen LogP contribution in [0, 0.1) is 0 Å². The van der Waals surface area contributed by atoms with Crippen molar-refractivity contribution in [3.05, 3.63) is 71.4 Å². The molecule has 128 valence electrons. The number of thioether (sulfide) groups is 1. The molecule has 2 N–H and O–H groups in total. The number of hydrogen-bond acceptors (Lipinski definition) is 3. The molecule has 0 aliphatic rings. The lowest BCUT2D eigenvalue weighted by Gasteiger charge is -2.05. The summed E-state index contributed by atoms with van der Waals surface area (Å²) in [4.78, 5) is 19.5. The Hall–Kier alpha value is -2.24. The maximum atomic E-state index is 11.9. The van der Waals surface area contributed by atoms with Crippen LogP contribution in [0.3, 0.4) is 0 Å². The third-order valence-corrected chi connectivity index (χ3v) is 4.77. The second kappa shape index (κ2) is 8.74. The molecule has 3 rings (SSSR count). The zero-order valence-corrected chi connectivity index (χ0v) is 15.1. The number of aromatic amines is 1. The van der Waals surface area contributed by atoms with Crippen LogP contribution in [0.2, 0.25) is 5.02 Å². The van der Waals surface area contributed by atoms with Crippen LogP contribution < -0.4 is 5.32 Å². The Bertz CT molecular complexity index is 818. The van der Waals surface area contributed by atoms with Crippen molar-refractivity contribution >= 4 is 29.3 Å². The van der Waals surface area contributed by atoms with Gasteiger partial charge in [0.2, 0.25) is 5.91 Å². The summed E-state index contributed by atoms with van der Waals surface area (Å²) in [6, 6.07) is 17.6. The van der Waals surface area contributed by atoms with Crippen LogP contribution >= 0.6 is 23.4 Å². The number of carbonyl (C=O) groups excluding carboxylic acids is 1. The van der Waals surface area contributed by atoms with Gasteiger partial charge in [0.25, 0.3) is 0 Å². The van der Waals surface area contributed by atoms with Crippen LogP contribution in [0.1, 0.15) is 5.56 Å². The highest BCUT2D eigenvalue weighted by Crippen LogP contribution is 2.20. The number of hydrogen-bond donors (Lipinski definition) is 2. The van der Waals surface area contributed by atoms with E-state index in [9.17, 15) is 4.79 Å². The van der Waals surface area contributed by atoms with E-state index in [1.165, 1.54) is 11.8 Å². The Labute approximate surface area is 156 Å². The number of halogens is 1. The van der Waals surface area contributed by atoms with Gasteiger partial charge in [-0.3, -0.25) is 4.79 Å². The molecule has 0 unspecified atom stereocenters. The summed E-state index contributed by atoms with van der Waals surface area (Å²) in [6.45, 7) is 0.606. The number of nitrogens with one attached hydrogen (secondary N) is 2. The van der Waals surface area contributed by atoms with Gasteiger partial charge < -0.3 is 10.3 Å². The average Bonchev–Trinajstić information content (AvgIpc) is 3.11. The van der Waals surface area contributed by atoms with Crippen LogP contribution in [0.4, 0.5) is 0 Å². The Kier molecular flexibility index (Phi) is 6.14. The fourth-order valence-corrected chi connectivity index (χ4v) is 3.13. The first-order chi connectivity index (χ1) is 12.2. The number of nitrogens with zero attached hydrogens (tertiary/aromatic N) is 1. The van der Waals surface area contributed by atoms with E-state index in [2.05, 4.69) is 15.3 Å². The minimum atomic E-state index is -0.00313. The molecule has 0 saturated heterocycles. The molecule has 1 aromatic heterocycles. The first kappa shape index (κ1) is 17.6. The lowest BCUT2D eigenvalue weighted by molar-refractivity contribution is -0.118. The van der Waals surface area contributed by atoms with E-state index >= 15 is 0 Å². The molecule has 0 atom stereocenters. The number of H-pyrrole nitrogens is 1. The lowest BCUT2D eigenvalue weighted by atomic mass is 10.1. The monoisotopic (exact) mass is 371 g/mol. The molecule has 3 aromatic rings. The molecule has 0 fully saturated rings. The van der Waals surface area contributed by atoms with E-state index in [0.717, 1.165) is 33.4 Å². The number of amides is 1. The van der Waals surface area contributed by atoms with Gasteiger partial charge in [0.05, 0.1) is 17.6 Å². The molecule has 1 heterocycles. The highest BCUT2D eigenvalue weighted by Gasteiger charge is 2.07. The van der Waals surface area contributed by atoms with Crippen molar-refractivity contribution in [1.82, 2.24) is 15.3 Å². The van der Waals surface area contributed by atoms with Gasteiger partial charge in [-0.2, -0.15) is 0 Å². The summed E-state index contributed by atoms with van der Waals surface area (Å²) < 4.78 is 0. The average molecular weight is 372 g/mol. The second-order valence-corrected chi connectivity index (χ2v) is 6.88. The van der Waals surface area contributed by atoms with E-state index in [1.807, 2.05) is 54.6 Å². The van der Waals surface area contributed by atoms with E-state index in [0.29, 0.717) is 12.3 Å². The van der Waals surface area contributed by atoms with Crippen LogP contribution in [0.5, 0.6) is 0 Å². The SMILES string of the molecule is O=C(CSc1ncc(-c2ccccc2)[nH]1)NCCc1ccc(Cl)cc1. The van der Waals surface area contributed by atoms with E-state index in [1.54, 1.807) is 6.20 Å². The van der Waals surface area contributed by atoms with Crippen molar-refractivity contribution in [3.63, 3.8) is 0 Å². The molecule has 0 bridgehead atoms. The van der Waals surface area contributed by atoms with Crippen molar-refractivity contribution in [1.29, 1.82) is 0 Å². The van der Waals surface area contributed by atoms with Crippen molar-refractivity contribution in [2.24, 2.45) is 0 Å². The van der Waals surface area contributed by atoms with Crippen molar-refractivity contribution in [2.45, 2.75) is 11.6 Å². The van der Waals surface area contributed by atoms with Gasteiger partial charge in [0, 0.05) is 11.6 Å². The Balaban J connectivity index is 1.42. The summed E-state index contributed by atoms with van der Waals surface area (Å²) in [7, 11) is 0. The Morgan fingerprint density at radius 1 is 1.12 bits per heavy atom. The maximum Gasteiger partial charge on any atom is 0.230 e. The minimum Gasteiger partial charge on any atom is -0.355 e. The minimum absolute atomic E-state index is 0.00313.